The lowest BCUT2D eigenvalue weighted by atomic mass is 9.44. The highest BCUT2D eigenvalue weighted by molar-refractivity contribution is 5.71. The van der Waals surface area contributed by atoms with Gasteiger partial charge in [-0.1, -0.05) is 13.8 Å². The number of carboxylic acid groups (broad SMARTS) is 1. The van der Waals surface area contributed by atoms with Crippen molar-refractivity contribution in [3.05, 3.63) is 0 Å². The Hall–Kier alpha value is -0.690. The molecule has 4 saturated carbocycles. The summed E-state index contributed by atoms with van der Waals surface area (Å²) in [6, 6.07) is 0. The molecule has 32 heavy (non-hydrogen) atoms. The number of aliphatic hydroxyl groups is 2. The molecule has 0 radical (unpaired) electrons. The smallest absolute Gasteiger partial charge is 0.307 e. The average Bonchev–Trinajstić information content (AvgIpc) is 3.09. The predicted octanol–water partition coefficient (Wildman–Crippen LogP) is 3.97. The molecule has 3 N–H and O–H groups in total. The quantitative estimate of drug-likeness (QED) is 0.563. The lowest BCUT2D eigenvalue weighted by molar-refractivity contribution is -0.283. The minimum absolute atomic E-state index is 0.0216. The Balaban J connectivity index is 1.26. The molecule has 3 unspecified atom stereocenters. The van der Waals surface area contributed by atoms with Gasteiger partial charge in [0.1, 0.15) is 6.10 Å². The fraction of sp³-hybridized carbons (Fsp3) is 0.962. The van der Waals surface area contributed by atoms with Crippen LogP contribution in [0.2, 0.25) is 0 Å². The molecule has 0 aromatic carbocycles. The van der Waals surface area contributed by atoms with Crippen molar-refractivity contribution in [2.24, 2.45) is 40.4 Å². The van der Waals surface area contributed by atoms with Crippen LogP contribution in [0.5, 0.6) is 0 Å². The third kappa shape index (κ3) is 3.55. The molecule has 0 spiro atoms. The topological polar surface area (TPSA) is 96.2 Å². The number of fused-ring (bicyclic) bond motifs is 5. The number of aliphatic hydroxyl groups excluding tert-OH is 2. The molecule has 0 aromatic rings. The second-order valence-corrected chi connectivity index (χ2v) is 12.3. The molecule has 182 valence electrons. The number of ether oxygens (including phenoxy) is 2. The summed E-state index contributed by atoms with van der Waals surface area (Å²) in [4.78, 5) is 11.9. The number of carbonyl (C=O) groups is 1. The van der Waals surface area contributed by atoms with Gasteiger partial charge >= 0.3 is 5.97 Å². The summed E-state index contributed by atoms with van der Waals surface area (Å²) in [6.45, 7) is 6.61. The van der Waals surface area contributed by atoms with Crippen molar-refractivity contribution in [2.75, 3.05) is 0 Å². The average molecular weight is 451 g/mol. The van der Waals surface area contributed by atoms with Crippen LogP contribution in [-0.2, 0) is 14.3 Å². The van der Waals surface area contributed by atoms with E-state index in [1.807, 2.05) is 6.92 Å². The van der Waals surface area contributed by atoms with Crippen LogP contribution < -0.4 is 0 Å². The molecule has 5 rings (SSSR count). The van der Waals surface area contributed by atoms with E-state index >= 15 is 0 Å². The summed E-state index contributed by atoms with van der Waals surface area (Å²) in [5.41, 5.74) is 0.285. The minimum Gasteiger partial charge on any atom is -0.481 e. The Morgan fingerprint density at radius 3 is 2.38 bits per heavy atom. The van der Waals surface area contributed by atoms with Crippen molar-refractivity contribution >= 4 is 5.97 Å². The van der Waals surface area contributed by atoms with E-state index in [0.717, 1.165) is 38.5 Å². The maximum absolute atomic E-state index is 11.9. The molecule has 6 heteroatoms. The van der Waals surface area contributed by atoms with Gasteiger partial charge in [-0.2, -0.15) is 0 Å². The highest BCUT2D eigenvalue weighted by Crippen LogP contribution is 2.67. The summed E-state index contributed by atoms with van der Waals surface area (Å²) in [5.74, 6) is 1.80. The van der Waals surface area contributed by atoms with Gasteiger partial charge in [0, 0.05) is 6.42 Å². The van der Waals surface area contributed by atoms with Gasteiger partial charge in [-0.3, -0.25) is 4.79 Å². The van der Waals surface area contributed by atoms with Crippen LogP contribution in [0.15, 0.2) is 0 Å². The third-order valence-electron chi connectivity index (χ3n) is 10.9. The normalized spacial score (nSPS) is 55.5. The van der Waals surface area contributed by atoms with E-state index in [1.54, 1.807) is 0 Å². The van der Waals surface area contributed by atoms with Crippen molar-refractivity contribution in [3.63, 3.8) is 0 Å². The summed E-state index contributed by atoms with van der Waals surface area (Å²) in [5, 5.41) is 30.1. The molecular weight excluding hydrogens is 408 g/mol. The van der Waals surface area contributed by atoms with Crippen LogP contribution in [0, 0.1) is 40.4 Å². The molecule has 1 aliphatic heterocycles. The first-order valence-corrected chi connectivity index (χ1v) is 13.0. The van der Waals surface area contributed by atoms with Crippen LogP contribution >= 0.6 is 0 Å². The summed E-state index contributed by atoms with van der Waals surface area (Å²) < 4.78 is 12.0. The van der Waals surface area contributed by atoms with E-state index in [2.05, 4.69) is 13.8 Å². The highest BCUT2D eigenvalue weighted by Gasteiger charge is 2.61. The molecule has 0 aromatic heterocycles. The van der Waals surface area contributed by atoms with E-state index in [1.165, 1.54) is 19.3 Å². The highest BCUT2D eigenvalue weighted by atomic mass is 16.7. The van der Waals surface area contributed by atoms with Crippen molar-refractivity contribution in [1.82, 2.24) is 0 Å². The number of hydrogen-bond acceptors (Lipinski definition) is 5. The van der Waals surface area contributed by atoms with Gasteiger partial charge in [-0.25, -0.2) is 0 Å². The van der Waals surface area contributed by atoms with Gasteiger partial charge in [0.2, 0.25) is 0 Å². The van der Waals surface area contributed by atoms with Crippen LogP contribution in [0.4, 0.5) is 0 Å². The number of rotatable bonds is 3. The van der Waals surface area contributed by atoms with Gasteiger partial charge in [0.25, 0.3) is 0 Å². The third-order valence-corrected chi connectivity index (χ3v) is 10.9. The zero-order chi connectivity index (χ0) is 22.8. The van der Waals surface area contributed by atoms with E-state index in [0.29, 0.717) is 35.5 Å². The summed E-state index contributed by atoms with van der Waals surface area (Å²) in [7, 11) is 0. The number of aliphatic carboxylic acids is 1. The Morgan fingerprint density at radius 2 is 1.62 bits per heavy atom. The van der Waals surface area contributed by atoms with Crippen molar-refractivity contribution in [2.45, 2.75) is 116 Å². The maximum Gasteiger partial charge on any atom is 0.307 e. The van der Waals surface area contributed by atoms with Crippen LogP contribution in [0.1, 0.15) is 85.0 Å². The van der Waals surface area contributed by atoms with Crippen molar-refractivity contribution in [1.29, 1.82) is 0 Å². The van der Waals surface area contributed by atoms with Crippen LogP contribution in [0.25, 0.3) is 0 Å². The van der Waals surface area contributed by atoms with Crippen LogP contribution in [-0.4, -0.2) is 52.0 Å². The van der Waals surface area contributed by atoms with Gasteiger partial charge in [0.05, 0.1) is 24.2 Å². The lowest BCUT2D eigenvalue weighted by Crippen LogP contribution is -2.55. The Labute approximate surface area is 192 Å². The van der Waals surface area contributed by atoms with E-state index < -0.39 is 24.5 Å². The first-order valence-electron chi connectivity index (χ1n) is 13.0. The molecule has 12 atom stereocenters. The largest absolute Gasteiger partial charge is 0.481 e. The fourth-order valence-electron chi connectivity index (χ4n) is 9.00. The summed E-state index contributed by atoms with van der Waals surface area (Å²) >= 11 is 0. The standard InChI is InChI=1S/C26H42O6/c1-14-21(27)13-22(28)24(31-14)32-16-8-10-25(2)15(12-16)4-5-17-18-6-7-20(23(29)30)26(18,3)11-9-19(17)25/h14-22,24,27-28H,4-13H2,1-3H3,(H,29,30)/t14-,15?,16?,17-,18-,19-,20?,21+,22+,24-,25-,26-/m0/s1. The van der Waals surface area contributed by atoms with Gasteiger partial charge in [-0.05, 0) is 99.2 Å². The SMILES string of the molecule is C[C@@H]1O[C@@H](OC2CC[C@@]3(C)C(CC[C@@H]4[C@@H]3CC[C@]3(C)C(C(=O)O)CC[C@@H]43)C2)[C@H](O)C[C@H]1O. The minimum atomic E-state index is -0.772. The lowest BCUT2D eigenvalue weighted by Gasteiger charge is -2.61. The zero-order valence-corrected chi connectivity index (χ0v) is 19.9. The first kappa shape index (κ1) is 23.1. The maximum atomic E-state index is 11.9. The number of carboxylic acids is 1. The molecule has 5 aliphatic rings. The molecule has 0 bridgehead atoms. The molecule has 4 aliphatic carbocycles. The fourth-order valence-corrected chi connectivity index (χ4v) is 9.00. The van der Waals surface area contributed by atoms with Crippen molar-refractivity contribution < 1.29 is 29.6 Å². The van der Waals surface area contributed by atoms with Crippen molar-refractivity contribution in [3.8, 4) is 0 Å². The van der Waals surface area contributed by atoms with E-state index in [9.17, 15) is 20.1 Å². The van der Waals surface area contributed by atoms with Gasteiger partial charge in [-0.15, -0.1) is 0 Å². The van der Waals surface area contributed by atoms with E-state index in [4.69, 9.17) is 9.47 Å². The molecule has 6 nitrogen and oxygen atoms in total. The van der Waals surface area contributed by atoms with E-state index in [-0.39, 0.29) is 23.5 Å². The second-order valence-electron chi connectivity index (χ2n) is 12.3. The van der Waals surface area contributed by atoms with Crippen LogP contribution in [0.3, 0.4) is 0 Å². The van der Waals surface area contributed by atoms with Gasteiger partial charge < -0.3 is 24.8 Å². The predicted molar refractivity (Wildman–Crippen MR) is 119 cm³/mol. The molecular formula is C26H42O6. The Morgan fingerprint density at radius 1 is 0.906 bits per heavy atom. The Kier molecular flexibility index (Phi) is 5.92. The second kappa shape index (κ2) is 8.21. The van der Waals surface area contributed by atoms with Gasteiger partial charge in [0.15, 0.2) is 6.29 Å². The summed E-state index contributed by atoms with van der Waals surface area (Å²) in [6.07, 6.45) is 7.76. The molecule has 1 heterocycles. The first-order chi connectivity index (χ1) is 15.1. The molecule has 1 saturated heterocycles. The molecule has 5 fully saturated rings. The Bertz CT molecular complexity index is 727. The zero-order valence-electron chi connectivity index (χ0n) is 19.9. The number of hydrogen-bond donors (Lipinski definition) is 3. The molecule has 0 amide bonds. The monoisotopic (exact) mass is 450 g/mol.